The summed E-state index contributed by atoms with van der Waals surface area (Å²) in [5.74, 6) is 0.470. The number of rotatable bonds is 6. The molecular formula is C15H13N3O6. The number of hydrogen-bond acceptors (Lipinski definition) is 7. The summed E-state index contributed by atoms with van der Waals surface area (Å²) in [5, 5.41) is 25.6. The van der Waals surface area contributed by atoms with E-state index in [2.05, 4.69) is 5.16 Å². The summed E-state index contributed by atoms with van der Waals surface area (Å²) in [6.07, 6.45) is 0. The van der Waals surface area contributed by atoms with Crippen molar-refractivity contribution < 1.29 is 19.4 Å². The largest absolute Gasteiger partial charge is 0.496 e. The second-order valence-corrected chi connectivity index (χ2v) is 4.67. The fourth-order valence-electron chi connectivity index (χ4n) is 1.95. The normalized spacial score (nSPS) is 11.0. The number of hydrogen-bond donors (Lipinski definition) is 0. The Bertz CT molecular complexity index is 786. The van der Waals surface area contributed by atoms with Crippen LogP contribution in [0.3, 0.4) is 0 Å². The van der Waals surface area contributed by atoms with Crippen LogP contribution in [-0.2, 0) is 0 Å². The predicted octanol–water partition coefficient (Wildman–Crippen LogP) is 3.31. The Kier molecular flexibility index (Phi) is 5.05. The van der Waals surface area contributed by atoms with Crippen molar-refractivity contribution in [1.29, 1.82) is 0 Å². The van der Waals surface area contributed by atoms with Gasteiger partial charge in [-0.3, -0.25) is 20.2 Å². The van der Waals surface area contributed by atoms with Crippen molar-refractivity contribution in [3.05, 3.63) is 68.3 Å². The Morgan fingerprint density at radius 2 is 1.62 bits per heavy atom. The van der Waals surface area contributed by atoms with E-state index in [-0.39, 0.29) is 5.75 Å². The minimum Gasteiger partial charge on any atom is -0.496 e. The third kappa shape index (κ3) is 3.83. The van der Waals surface area contributed by atoms with Crippen molar-refractivity contribution >= 4 is 17.1 Å². The number of methoxy groups -OCH3 is 1. The molecule has 0 heterocycles. The Morgan fingerprint density at radius 3 is 2.17 bits per heavy atom. The summed E-state index contributed by atoms with van der Waals surface area (Å²) in [6.45, 7) is 1.66. The van der Waals surface area contributed by atoms with E-state index in [1.54, 1.807) is 31.2 Å². The summed E-state index contributed by atoms with van der Waals surface area (Å²) in [6, 6.07) is 10.1. The standard InChI is InChI=1S/C15H13N3O6/c1-10(14-5-3-4-6-15(14)23-2)16-24-13-8-11(17(19)20)7-12(9-13)18(21)22/h3-9H,1-2H3. The van der Waals surface area contributed by atoms with Gasteiger partial charge in [0.15, 0.2) is 5.75 Å². The average molecular weight is 331 g/mol. The summed E-state index contributed by atoms with van der Waals surface area (Å²) < 4.78 is 5.20. The average Bonchev–Trinajstić information content (AvgIpc) is 2.59. The van der Waals surface area contributed by atoms with Gasteiger partial charge in [0, 0.05) is 5.56 Å². The predicted molar refractivity (Wildman–Crippen MR) is 85.6 cm³/mol. The van der Waals surface area contributed by atoms with E-state index in [1.165, 1.54) is 7.11 Å². The van der Waals surface area contributed by atoms with E-state index in [0.29, 0.717) is 17.0 Å². The molecule has 0 amide bonds. The lowest BCUT2D eigenvalue weighted by Crippen LogP contribution is -2.01. The molecule has 0 saturated carbocycles. The molecule has 0 aromatic heterocycles. The van der Waals surface area contributed by atoms with Gasteiger partial charge in [0.05, 0.1) is 40.9 Å². The lowest BCUT2D eigenvalue weighted by atomic mass is 10.1. The fourth-order valence-corrected chi connectivity index (χ4v) is 1.95. The van der Waals surface area contributed by atoms with Crippen molar-refractivity contribution in [3.63, 3.8) is 0 Å². The molecular weight excluding hydrogens is 318 g/mol. The molecule has 0 saturated heterocycles. The van der Waals surface area contributed by atoms with Crippen LogP contribution in [0, 0.1) is 20.2 Å². The molecule has 9 heteroatoms. The van der Waals surface area contributed by atoms with Crippen LogP contribution in [0.1, 0.15) is 12.5 Å². The van der Waals surface area contributed by atoms with Gasteiger partial charge in [-0.05, 0) is 19.1 Å². The Hall–Kier alpha value is -3.49. The summed E-state index contributed by atoms with van der Waals surface area (Å²) in [7, 11) is 1.51. The molecule has 0 N–H and O–H groups in total. The molecule has 124 valence electrons. The highest BCUT2D eigenvalue weighted by Crippen LogP contribution is 2.28. The van der Waals surface area contributed by atoms with Crippen LogP contribution in [0.5, 0.6) is 11.5 Å². The highest BCUT2D eigenvalue weighted by molar-refractivity contribution is 6.00. The van der Waals surface area contributed by atoms with Crippen LogP contribution in [-0.4, -0.2) is 22.7 Å². The van der Waals surface area contributed by atoms with Crippen molar-refractivity contribution in [2.24, 2.45) is 5.16 Å². The van der Waals surface area contributed by atoms with Gasteiger partial charge in [0.25, 0.3) is 11.4 Å². The first kappa shape index (κ1) is 16.9. The molecule has 0 aliphatic heterocycles. The number of benzene rings is 2. The van der Waals surface area contributed by atoms with Crippen molar-refractivity contribution in [2.75, 3.05) is 7.11 Å². The first-order chi connectivity index (χ1) is 11.4. The number of oxime groups is 1. The van der Waals surface area contributed by atoms with Crippen LogP contribution in [0.4, 0.5) is 11.4 Å². The molecule has 0 bridgehead atoms. The zero-order valence-electron chi connectivity index (χ0n) is 12.8. The van der Waals surface area contributed by atoms with Crippen LogP contribution < -0.4 is 9.57 Å². The van der Waals surface area contributed by atoms with Gasteiger partial charge in [0.2, 0.25) is 0 Å². The number of nitro groups is 2. The summed E-state index contributed by atoms with van der Waals surface area (Å²) in [4.78, 5) is 25.3. The van der Waals surface area contributed by atoms with Gasteiger partial charge >= 0.3 is 0 Å². The van der Waals surface area contributed by atoms with Gasteiger partial charge in [-0.15, -0.1) is 0 Å². The zero-order valence-corrected chi connectivity index (χ0v) is 12.8. The van der Waals surface area contributed by atoms with Crippen molar-refractivity contribution in [1.82, 2.24) is 0 Å². The van der Waals surface area contributed by atoms with Gasteiger partial charge < -0.3 is 9.57 Å². The van der Waals surface area contributed by atoms with Gasteiger partial charge in [-0.1, -0.05) is 17.3 Å². The van der Waals surface area contributed by atoms with E-state index < -0.39 is 21.2 Å². The highest BCUT2D eigenvalue weighted by atomic mass is 16.6. The van der Waals surface area contributed by atoms with E-state index in [9.17, 15) is 20.2 Å². The second kappa shape index (κ2) is 7.18. The third-order valence-corrected chi connectivity index (χ3v) is 3.08. The molecule has 2 rings (SSSR count). The van der Waals surface area contributed by atoms with Crippen molar-refractivity contribution in [2.45, 2.75) is 6.92 Å². The molecule has 0 aliphatic rings. The Morgan fingerprint density at radius 1 is 1.04 bits per heavy atom. The maximum absolute atomic E-state index is 10.8. The number of non-ortho nitro benzene ring substituents is 2. The molecule has 9 nitrogen and oxygen atoms in total. The molecule has 2 aromatic carbocycles. The minimum absolute atomic E-state index is 0.106. The van der Waals surface area contributed by atoms with Gasteiger partial charge in [-0.25, -0.2) is 0 Å². The first-order valence-electron chi connectivity index (χ1n) is 6.71. The molecule has 0 spiro atoms. The first-order valence-corrected chi connectivity index (χ1v) is 6.71. The minimum atomic E-state index is -0.739. The van der Waals surface area contributed by atoms with Crippen molar-refractivity contribution in [3.8, 4) is 11.5 Å². The highest BCUT2D eigenvalue weighted by Gasteiger charge is 2.17. The van der Waals surface area contributed by atoms with Crippen LogP contribution in [0.15, 0.2) is 47.6 Å². The fraction of sp³-hybridized carbons (Fsp3) is 0.133. The van der Waals surface area contributed by atoms with Gasteiger partial charge in [0.1, 0.15) is 5.75 Å². The van der Waals surface area contributed by atoms with Crippen LogP contribution in [0.2, 0.25) is 0 Å². The molecule has 0 aliphatic carbocycles. The SMILES string of the molecule is COc1ccccc1C(C)=NOc1cc([N+](=O)[O-])cc([N+](=O)[O-])c1. The van der Waals surface area contributed by atoms with E-state index in [1.807, 2.05) is 0 Å². The molecule has 24 heavy (non-hydrogen) atoms. The maximum Gasteiger partial charge on any atom is 0.280 e. The number of nitro benzene ring substituents is 2. The molecule has 2 aromatic rings. The molecule has 0 atom stereocenters. The number of ether oxygens (including phenoxy) is 1. The second-order valence-electron chi connectivity index (χ2n) is 4.67. The van der Waals surface area contributed by atoms with E-state index >= 15 is 0 Å². The maximum atomic E-state index is 10.8. The summed E-state index contributed by atoms with van der Waals surface area (Å²) >= 11 is 0. The Labute approximate surface area is 136 Å². The van der Waals surface area contributed by atoms with Gasteiger partial charge in [-0.2, -0.15) is 0 Å². The third-order valence-electron chi connectivity index (χ3n) is 3.08. The lowest BCUT2D eigenvalue weighted by Gasteiger charge is -2.07. The topological polar surface area (TPSA) is 117 Å². The zero-order chi connectivity index (χ0) is 17.7. The quantitative estimate of drug-likeness (QED) is 0.455. The summed E-state index contributed by atoms with van der Waals surface area (Å²) in [5.41, 5.74) is 0.204. The lowest BCUT2D eigenvalue weighted by molar-refractivity contribution is -0.394. The smallest absolute Gasteiger partial charge is 0.280 e. The monoisotopic (exact) mass is 331 g/mol. The van der Waals surface area contributed by atoms with E-state index in [4.69, 9.17) is 9.57 Å². The molecule has 0 fully saturated rings. The number of nitrogens with zero attached hydrogens (tertiary/aromatic N) is 3. The molecule has 0 radical (unpaired) electrons. The van der Waals surface area contributed by atoms with Crippen LogP contribution in [0.25, 0.3) is 0 Å². The van der Waals surface area contributed by atoms with E-state index in [0.717, 1.165) is 18.2 Å². The Balaban J connectivity index is 2.33. The number of para-hydroxylation sites is 1. The molecule has 0 unspecified atom stereocenters. The van der Waals surface area contributed by atoms with Crippen LogP contribution >= 0.6 is 0 Å².